The van der Waals surface area contributed by atoms with Gasteiger partial charge in [0.2, 0.25) is 0 Å². The SMILES string of the molecule is CC(=O)OCC(F)(CO)c1ccc2ccccc2c1. The Bertz CT molecular complexity index is 597. The molecule has 0 aromatic heterocycles. The van der Waals surface area contributed by atoms with Crippen LogP contribution in [0, 0.1) is 0 Å². The Morgan fingerprint density at radius 1 is 1.26 bits per heavy atom. The monoisotopic (exact) mass is 262 g/mol. The Labute approximate surface area is 110 Å². The molecule has 0 fully saturated rings. The van der Waals surface area contributed by atoms with Gasteiger partial charge in [-0.15, -0.1) is 0 Å². The number of alkyl halides is 1. The van der Waals surface area contributed by atoms with Gasteiger partial charge in [-0.2, -0.15) is 0 Å². The predicted octanol–water partition coefficient (Wildman–Crippen LogP) is 2.56. The first-order valence-electron chi connectivity index (χ1n) is 5.97. The molecule has 2 aromatic rings. The number of rotatable bonds is 4. The highest BCUT2D eigenvalue weighted by Gasteiger charge is 2.33. The molecule has 1 unspecified atom stereocenters. The molecule has 0 heterocycles. The van der Waals surface area contributed by atoms with E-state index in [2.05, 4.69) is 0 Å². The number of hydrogen-bond donors (Lipinski definition) is 1. The number of benzene rings is 2. The average molecular weight is 262 g/mol. The van der Waals surface area contributed by atoms with E-state index in [1.54, 1.807) is 18.2 Å². The molecule has 0 aliphatic rings. The van der Waals surface area contributed by atoms with Crippen molar-refractivity contribution in [1.82, 2.24) is 0 Å². The molecule has 2 aromatic carbocycles. The summed E-state index contributed by atoms with van der Waals surface area (Å²) in [5, 5.41) is 11.1. The molecule has 19 heavy (non-hydrogen) atoms. The standard InChI is InChI=1S/C15H15FO3/c1-11(18)19-10-15(16,9-17)14-7-6-12-4-2-3-5-13(12)8-14/h2-8,17H,9-10H2,1H3. The third kappa shape index (κ3) is 2.90. The van der Waals surface area contributed by atoms with Crippen LogP contribution < -0.4 is 0 Å². The Hall–Kier alpha value is -1.94. The number of fused-ring (bicyclic) bond motifs is 1. The van der Waals surface area contributed by atoms with E-state index in [-0.39, 0.29) is 0 Å². The lowest BCUT2D eigenvalue weighted by Gasteiger charge is -2.23. The normalized spacial score (nSPS) is 14.1. The Morgan fingerprint density at radius 3 is 2.58 bits per heavy atom. The van der Waals surface area contributed by atoms with Crippen molar-refractivity contribution in [2.45, 2.75) is 12.6 Å². The fraction of sp³-hybridized carbons (Fsp3) is 0.267. The Balaban J connectivity index is 2.36. The van der Waals surface area contributed by atoms with E-state index >= 15 is 0 Å². The summed E-state index contributed by atoms with van der Waals surface area (Å²) in [5.41, 5.74) is -1.77. The van der Waals surface area contributed by atoms with Crippen molar-refractivity contribution in [3.05, 3.63) is 48.0 Å². The summed E-state index contributed by atoms with van der Waals surface area (Å²) in [5.74, 6) is -0.573. The Kier molecular flexibility index (Phi) is 3.81. The number of halogens is 1. The van der Waals surface area contributed by atoms with Crippen molar-refractivity contribution in [2.75, 3.05) is 13.2 Å². The minimum absolute atomic E-state index is 0.301. The molecule has 0 aliphatic carbocycles. The second-order valence-electron chi connectivity index (χ2n) is 4.47. The van der Waals surface area contributed by atoms with Crippen molar-refractivity contribution in [1.29, 1.82) is 0 Å². The van der Waals surface area contributed by atoms with Gasteiger partial charge in [0.15, 0.2) is 5.67 Å². The van der Waals surface area contributed by atoms with E-state index in [9.17, 15) is 14.3 Å². The van der Waals surface area contributed by atoms with Crippen molar-refractivity contribution in [3.63, 3.8) is 0 Å². The molecule has 0 amide bonds. The minimum Gasteiger partial charge on any atom is -0.462 e. The van der Waals surface area contributed by atoms with Gasteiger partial charge < -0.3 is 9.84 Å². The number of carbonyl (C=O) groups excluding carboxylic acids is 1. The van der Waals surface area contributed by atoms with Gasteiger partial charge in [-0.05, 0) is 22.4 Å². The molecule has 2 rings (SSSR count). The number of ether oxygens (including phenoxy) is 1. The number of aliphatic hydroxyl groups excluding tert-OH is 1. The first-order valence-corrected chi connectivity index (χ1v) is 5.97. The molecule has 4 heteroatoms. The molecule has 3 nitrogen and oxygen atoms in total. The maximum absolute atomic E-state index is 14.6. The van der Waals surface area contributed by atoms with Gasteiger partial charge in [0, 0.05) is 6.92 Å². The smallest absolute Gasteiger partial charge is 0.302 e. The summed E-state index contributed by atoms with van der Waals surface area (Å²) in [4.78, 5) is 10.8. The van der Waals surface area contributed by atoms with Gasteiger partial charge in [-0.3, -0.25) is 4.79 Å². The van der Waals surface area contributed by atoms with Gasteiger partial charge >= 0.3 is 5.97 Å². The van der Waals surface area contributed by atoms with Crippen LogP contribution >= 0.6 is 0 Å². The van der Waals surface area contributed by atoms with Crippen LogP contribution in [0.1, 0.15) is 12.5 Å². The maximum atomic E-state index is 14.6. The zero-order valence-electron chi connectivity index (χ0n) is 10.6. The first kappa shape index (κ1) is 13.5. The second kappa shape index (κ2) is 5.36. The fourth-order valence-corrected chi connectivity index (χ4v) is 1.90. The zero-order chi connectivity index (χ0) is 13.9. The summed E-state index contributed by atoms with van der Waals surface area (Å²) in [7, 11) is 0. The molecule has 100 valence electrons. The minimum atomic E-state index is -2.07. The topological polar surface area (TPSA) is 46.5 Å². The van der Waals surface area contributed by atoms with Gasteiger partial charge in [-0.25, -0.2) is 4.39 Å². The van der Waals surface area contributed by atoms with E-state index in [0.717, 1.165) is 10.8 Å². The summed E-state index contributed by atoms with van der Waals surface area (Å²) in [6.07, 6.45) is 0. The van der Waals surface area contributed by atoms with Crippen molar-refractivity contribution < 1.29 is 19.0 Å². The third-order valence-corrected chi connectivity index (χ3v) is 3.02. The summed E-state index contributed by atoms with van der Waals surface area (Å²) < 4.78 is 19.3. The largest absolute Gasteiger partial charge is 0.462 e. The van der Waals surface area contributed by atoms with E-state index in [4.69, 9.17) is 4.74 Å². The van der Waals surface area contributed by atoms with Gasteiger partial charge in [-0.1, -0.05) is 36.4 Å². The summed E-state index contributed by atoms with van der Waals surface area (Å²) in [6, 6.07) is 12.6. The van der Waals surface area contributed by atoms with Gasteiger partial charge in [0.05, 0.1) is 6.61 Å². The van der Waals surface area contributed by atoms with Gasteiger partial charge in [0.1, 0.15) is 6.61 Å². The maximum Gasteiger partial charge on any atom is 0.302 e. The van der Waals surface area contributed by atoms with Crippen LogP contribution in [-0.4, -0.2) is 24.3 Å². The van der Waals surface area contributed by atoms with E-state index in [0.29, 0.717) is 5.56 Å². The molecule has 0 aliphatic heterocycles. The molecule has 1 atom stereocenters. The van der Waals surface area contributed by atoms with Crippen LogP contribution in [-0.2, 0) is 15.2 Å². The van der Waals surface area contributed by atoms with Gasteiger partial charge in [0.25, 0.3) is 0 Å². The highest BCUT2D eigenvalue weighted by Crippen LogP contribution is 2.29. The summed E-state index contributed by atoms with van der Waals surface area (Å²) >= 11 is 0. The van der Waals surface area contributed by atoms with Crippen LogP contribution in [0.5, 0.6) is 0 Å². The zero-order valence-corrected chi connectivity index (χ0v) is 10.6. The third-order valence-electron chi connectivity index (χ3n) is 3.02. The van der Waals surface area contributed by atoms with Crippen LogP contribution in [0.3, 0.4) is 0 Å². The fourth-order valence-electron chi connectivity index (χ4n) is 1.90. The molecule has 0 saturated carbocycles. The number of carbonyl (C=O) groups is 1. The average Bonchev–Trinajstić information content (AvgIpc) is 2.44. The van der Waals surface area contributed by atoms with E-state index in [1.807, 2.05) is 24.3 Å². The molecular formula is C15H15FO3. The molecular weight excluding hydrogens is 247 g/mol. The Morgan fingerprint density at radius 2 is 1.95 bits per heavy atom. The lowest BCUT2D eigenvalue weighted by molar-refractivity contribution is -0.147. The number of hydrogen-bond acceptors (Lipinski definition) is 3. The highest BCUT2D eigenvalue weighted by molar-refractivity contribution is 5.83. The van der Waals surface area contributed by atoms with Crippen LogP contribution in [0.25, 0.3) is 10.8 Å². The van der Waals surface area contributed by atoms with Crippen LogP contribution in [0.2, 0.25) is 0 Å². The number of esters is 1. The molecule has 0 bridgehead atoms. The lowest BCUT2D eigenvalue weighted by Crippen LogP contribution is -2.31. The van der Waals surface area contributed by atoms with Crippen LogP contribution in [0.4, 0.5) is 4.39 Å². The molecule has 0 radical (unpaired) electrons. The molecule has 0 spiro atoms. The number of aliphatic hydroxyl groups is 1. The quantitative estimate of drug-likeness (QED) is 0.861. The predicted molar refractivity (Wildman–Crippen MR) is 70.5 cm³/mol. The molecule has 0 saturated heterocycles. The van der Waals surface area contributed by atoms with E-state index in [1.165, 1.54) is 6.92 Å². The van der Waals surface area contributed by atoms with Crippen LogP contribution in [0.15, 0.2) is 42.5 Å². The first-order chi connectivity index (χ1) is 9.05. The lowest BCUT2D eigenvalue weighted by atomic mass is 9.95. The highest BCUT2D eigenvalue weighted by atomic mass is 19.1. The van der Waals surface area contributed by atoms with Crippen molar-refractivity contribution in [2.24, 2.45) is 0 Å². The van der Waals surface area contributed by atoms with Crippen molar-refractivity contribution >= 4 is 16.7 Å². The van der Waals surface area contributed by atoms with Crippen molar-refractivity contribution in [3.8, 4) is 0 Å². The second-order valence-corrected chi connectivity index (χ2v) is 4.47. The summed E-state index contributed by atoms with van der Waals surface area (Å²) in [6.45, 7) is -0.0199. The molecule has 1 N–H and O–H groups in total. The van der Waals surface area contributed by atoms with E-state index < -0.39 is 24.9 Å².